The van der Waals surface area contributed by atoms with Crippen molar-refractivity contribution in [1.29, 1.82) is 0 Å². The van der Waals surface area contributed by atoms with E-state index in [2.05, 4.69) is 6.58 Å². The van der Waals surface area contributed by atoms with E-state index in [1.807, 2.05) is 49.4 Å². The van der Waals surface area contributed by atoms with Crippen LogP contribution in [-0.2, 0) is 0 Å². The Morgan fingerprint density at radius 3 is 2.59 bits per heavy atom. The van der Waals surface area contributed by atoms with Gasteiger partial charge in [0.2, 0.25) is 0 Å². The number of rotatable bonds is 5. The molecule has 1 amide bonds. The van der Waals surface area contributed by atoms with Crippen molar-refractivity contribution in [2.45, 2.75) is 13.3 Å². The van der Waals surface area contributed by atoms with Crippen LogP contribution < -0.4 is 0 Å². The molecule has 0 atom stereocenters. The van der Waals surface area contributed by atoms with Crippen LogP contribution in [-0.4, -0.2) is 24.4 Å². The summed E-state index contributed by atoms with van der Waals surface area (Å²) in [5.41, 5.74) is 1.75. The summed E-state index contributed by atoms with van der Waals surface area (Å²) in [7, 11) is 1.80. The van der Waals surface area contributed by atoms with Crippen LogP contribution in [0.25, 0.3) is 0 Å². The highest BCUT2D eigenvalue weighted by Gasteiger charge is 2.11. The van der Waals surface area contributed by atoms with Crippen LogP contribution in [0.5, 0.6) is 0 Å². The molecule has 2 heteroatoms. The normalized spacial score (nSPS) is 10.5. The molecule has 1 aromatic carbocycles. The lowest BCUT2D eigenvalue weighted by molar-refractivity contribution is 0.0806. The van der Waals surface area contributed by atoms with E-state index in [4.69, 9.17) is 0 Å². The molecule has 0 unspecified atom stereocenters. The van der Waals surface area contributed by atoms with E-state index in [1.165, 1.54) is 0 Å². The number of carbonyl (C=O) groups is 1. The number of hydrogen-bond acceptors (Lipinski definition) is 1. The van der Waals surface area contributed by atoms with Crippen LogP contribution in [0.3, 0.4) is 0 Å². The second-order valence-corrected chi connectivity index (χ2v) is 4.05. The molecule has 0 radical (unpaired) electrons. The maximum atomic E-state index is 12.0. The van der Waals surface area contributed by atoms with Crippen molar-refractivity contribution in [1.82, 2.24) is 4.90 Å². The Hall–Kier alpha value is -1.83. The van der Waals surface area contributed by atoms with Crippen LogP contribution in [0.4, 0.5) is 0 Å². The SMILES string of the molecule is C=C(C/C=C/C)CN(C)C(=O)c1ccccc1. The predicted octanol–water partition coefficient (Wildman–Crippen LogP) is 3.28. The molecule has 0 saturated heterocycles. The fourth-order valence-electron chi connectivity index (χ4n) is 1.56. The van der Waals surface area contributed by atoms with Crippen molar-refractivity contribution in [2.24, 2.45) is 0 Å². The average Bonchev–Trinajstić information content (AvgIpc) is 2.36. The first-order valence-electron chi connectivity index (χ1n) is 5.73. The second kappa shape index (κ2) is 6.69. The summed E-state index contributed by atoms with van der Waals surface area (Å²) >= 11 is 0. The van der Waals surface area contributed by atoms with E-state index < -0.39 is 0 Å². The van der Waals surface area contributed by atoms with Gasteiger partial charge in [-0.25, -0.2) is 0 Å². The molecule has 0 heterocycles. The average molecular weight is 229 g/mol. The van der Waals surface area contributed by atoms with E-state index in [0.717, 1.165) is 12.0 Å². The highest BCUT2D eigenvalue weighted by molar-refractivity contribution is 5.94. The maximum Gasteiger partial charge on any atom is 0.253 e. The third-order valence-corrected chi connectivity index (χ3v) is 2.47. The van der Waals surface area contributed by atoms with Gasteiger partial charge in [0.15, 0.2) is 0 Å². The molecule has 0 aliphatic carbocycles. The zero-order valence-electron chi connectivity index (χ0n) is 10.5. The van der Waals surface area contributed by atoms with E-state index in [1.54, 1.807) is 11.9 Å². The number of hydrogen-bond donors (Lipinski definition) is 0. The van der Waals surface area contributed by atoms with E-state index in [0.29, 0.717) is 12.1 Å². The van der Waals surface area contributed by atoms with Gasteiger partial charge in [0.05, 0.1) is 0 Å². The quantitative estimate of drug-likeness (QED) is 0.709. The molecule has 0 aliphatic rings. The van der Waals surface area contributed by atoms with Gasteiger partial charge >= 0.3 is 0 Å². The zero-order valence-corrected chi connectivity index (χ0v) is 10.5. The smallest absolute Gasteiger partial charge is 0.253 e. The molecular formula is C15H19NO. The van der Waals surface area contributed by atoms with Crippen molar-refractivity contribution >= 4 is 5.91 Å². The summed E-state index contributed by atoms with van der Waals surface area (Å²) < 4.78 is 0. The van der Waals surface area contributed by atoms with Crippen molar-refractivity contribution in [3.05, 3.63) is 60.2 Å². The van der Waals surface area contributed by atoms with Gasteiger partial charge in [-0.15, -0.1) is 0 Å². The summed E-state index contributed by atoms with van der Waals surface area (Å²) in [6, 6.07) is 9.30. The Labute approximate surface area is 103 Å². The lowest BCUT2D eigenvalue weighted by Crippen LogP contribution is -2.28. The summed E-state index contributed by atoms with van der Waals surface area (Å²) in [4.78, 5) is 13.7. The van der Waals surface area contributed by atoms with Crippen molar-refractivity contribution in [2.75, 3.05) is 13.6 Å². The predicted molar refractivity (Wildman–Crippen MR) is 72.0 cm³/mol. The molecule has 0 N–H and O–H groups in total. The Kier molecular flexibility index (Phi) is 5.21. The molecule has 1 aromatic rings. The van der Waals surface area contributed by atoms with Gasteiger partial charge in [-0.2, -0.15) is 0 Å². The number of amides is 1. The maximum absolute atomic E-state index is 12.0. The van der Waals surface area contributed by atoms with Crippen LogP contribution in [0, 0.1) is 0 Å². The Bertz CT molecular complexity index is 406. The third kappa shape index (κ3) is 4.27. The van der Waals surface area contributed by atoms with E-state index >= 15 is 0 Å². The molecule has 0 fully saturated rings. The number of benzene rings is 1. The summed E-state index contributed by atoms with van der Waals surface area (Å²) in [6.07, 6.45) is 4.86. The lowest BCUT2D eigenvalue weighted by Gasteiger charge is -2.18. The second-order valence-electron chi connectivity index (χ2n) is 4.05. The fourth-order valence-corrected chi connectivity index (χ4v) is 1.56. The monoisotopic (exact) mass is 229 g/mol. The van der Waals surface area contributed by atoms with E-state index in [9.17, 15) is 4.79 Å². The standard InChI is InChI=1S/C15H19NO/c1-4-5-9-13(2)12-16(3)15(17)14-10-7-6-8-11-14/h4-8,10-11H,2,9,12H2,1,3H3/b5-4+. The third-order valence-electron chi connectivity index (χ3n) is 2.47. The van der Waals surface area contributed by atoms with Crippen LogP contribution in [0.1, 0.15) is 23.7 Å². The molecule has 1 rings (SSSR count). The van der Waals surface area contributed by atoms with Crippen LogP contribution in [0.15, 0.2) is 54.6 Å². The van der Waals surface area contributed by atoms with Gasteiger partial charge < -0.3 is 4.90 Å². The fraction of sp³-hybridized carbons (Fsp3) is 0.267. The van der Waals surface area contributed by atoms with Crippen molar-refractivity contribution in [3.8, 4) is 0 Å². The molecule has 0 saturated carbocycles. The first-order valence-corrected chi connectivity index (χ1v) is 5.73. The molecule has 17 heavy (non-hydrogen) atoms. The van der Waals surface area contributed by atoms with Gasteiger partial charge in [-0.1, -0.05) is 42.5 Å². The minimum Gasteiger partial charge on any atom is -0.338 e. The summed E-state index contributed by atoms with van der Waals surface area (Å²) in [5, 5.41) is 0. The van der Waals surface area contributed by atoms with E-state index in [-0.39, 0.29) is 5.91 Å². The molecular weight excluding hydrogens is 210 g/mol. The minimum absolute atomic E-state index is 0.0345. The van der Waals surface area contributed by atoms with Gasteiger partial charge in [0, 0.05) is 19.2 Å². The zero-order chi connectivity index (χ0) is 12.7. The van der Waals surface area contributed by atoms with Crippen LogP contribution in [0.2, 0.25) is 0 Å². The Morgan fingerprint density at radius 2 is 2.00 bits per heavy atom. The molecule has 0 aromatic heterocycles. The molecule has 90 valence electrons. The molecule has 0 aliphatic heterocycles. The lowest BCUT2D eigenvalue weighted by atomic mass is 10.1. The first-order chi connectivity index (χ1) is 8.15. The largest absolute Gasteiger partial charge is 0.338 e. The molecule has 2 nitrogen and oxygen atoms in total. The van der Waals surface area contributed by atoms with Gasteiger partial charge in [0.25, 0.3) is 5.91 Å². The number of carbonyl (C=O) groups excluding carboxylic acids is 1. The minimum atomic E-state index is 0.0345. The highest BCUT2D eigenvalue weighted by Crippen LogP contribution is 2.07. The van der Waals surface area contributed by atoms with Gasteiger partial charge in [-0.3, -0.25) is 4.79 Å². The number of allylic oxidation sites excluding steroid dienone is 2. The van der Waals surface area contributed by atoms with Crippen molar-refractivity contribution < 1.29 is 4.79 Å². The van der Waals surface area contributed by atoms with Gasteiger partial charge in [0.1, 0.15) is 0 Å². The molecule has 0 spiro atoms. The topological polar surface area (TPSA) is 20.3 Å². The summed E-state index contributed by atoms with van der Waals surface area (Å²) in [6.45, 7) is 6.54. The Morgan fingerprint density at radius 1 is 1.35 bits per heavy atom. The Balaban J connectivity index is 2.56. The summed E-state index contributed by atoms with van der Waals surface area (Å²) in [5.74, 6) is 0.0345. The highest BCUT2D eigenvalue weighted by atomic mass is 16.2. The van der Waals surface area contributed by atoms with Gasteiger partial charge in [-0.05, 0) is 25.5 Å². The number of nitrogens with zero attached hydrogens (tertiary/aromatic N) is 1. The number of likely N-dealkylation sites (N-methyl/N-ethyl adjacent to an activating group) is 1. The first kappa shape index (κ1) is 13.2. The van der Waals surface area contributed by atoms with Crippen molar-refractivity contribution in [3.63, 3.8) is 0 Å². The molecule has 0 bridgehead atoms. The van der Waals surface area contributed by atoms with Crippen LogP contribution >= 0.6 is 0 Å².